The number of halogens is 1. The zero-order valence-corrected chi connectivity index (χ0v) is 10.3. The molecular weight excluding hydrogens is 233 g/mol. The number of carbonyl (C=O) groups is 1. The summed E-state index contributed by atoms with van der Waals surface area (Å²) >= 11 is 0. The minimum Gasteiger partial charge on any atom is -0.388 e. The standard InChI is InChI=1S/C14H18FNO2/c15-12-5-3-11(4-6-12)9-13(17)16-10-14(18)7-1-2-8-14/h3-6,18H,1-2,7-10H2,(H,16,17). The number of hydrogen-bond acceptors (Lipinski definition) is 2. The lowest BCUT2D eigenvalue weighted by atomic mass is 10.0. The lowest BCUT2D eigenvalue weighted by Crippen LogP contribution is -2.41. The number of carbonyl (C=O) groups excluding carboxylic acids is 1. The van der Waals surface area contributed by atoms with Gasteiger partial charge < -0.3 is 10.4 Å². The van der Waals surface area contributed by atoms with Gasteiger partial charge in [-0.2, -0.15) is 0 Å². The van der Waals surface area contributed by atoms with Crippen molar-refractivity contribution in [3.8, 4) is 0 Å². The zero-order valence-electron chi connectivity index (χ0n) is 10.3. The van der Waals surface area contributed by atoms with Gasteiger partial charge in [-0.1, -0.05) is 25.0 Å². The predicted octanol–water partition coefficient (Wildman–Crippen LogP) is 1.79. The maximum Gasteiger partial charge on any atom is 0.224 e. The zero-order chi connectivity index (χ0) is 13.0. The minimum absolute atomic E-state index is 0.137. The van der Waals surface area contributed by atoms with Crippen LogP contribution >= 0.6 is 0 Å². The first kappa shape index (κ1) is 13.0. The van der Waals surface area contributed by atoms with E-state index in [1.807, 2.05) is 0 Å². The molecule has 1 fully saturated rings. The Balaban J connectivity index is 1.80. The van der Waals surface area contributed by atoms with Crippen molar-refractivity contribution in [3.63, 3.8) is 0 Å². The molecule has 0 atom stereocenters. The third-order valence-corrected chi connectivity index (χ3v) is 3.43. The average molecular weight is 251 g/mol. The molecule has 1 aromatic rings. The summed E-state index contributed by atoms with van der Waals surface area (Å²) in [6.45, 7) is 0.313. The van der Waals surface area contributed by atoms with Crippen molar-refractivity contribution in [1.82, 2.24) is 5.32 Å². The van der Waals surface area contributed by atoms with Gasteiger partial charge in [-0.05, 0) is 30.5 Å². The lowest BCUT2D eigenvalue weighted by molar-refractivity contribution is -0.121. The second-order valence-corrected chi connectivity index (χ2v) is 5.01. The van der Waals surface area contributed by atoms with Gasteiger partial charge >= 0.3 is 0 Å². The highest BCUT2D eigenvalue weighted by atomic mass is 19.1. The molecule has 0 aromatic heterocycles. The van der Waals surface area contributed by atoms with E-state index in [1.165, 1.54) is 12.1 Å². The van der Waals surface area contributed by atoms with Crippen LogP contribution in [0.2, 0.25) is 0 Å². The number of benzene rings is 1. The number of amides is 1. The van der Waals surface area contributed by atoms with Gasteiger partial charge in [0.25, 0.3) is 0 Å². The van der Waals surface area contributed by atoms with Crippen LogP contribution in [0, 0.1) is 5.82 Å². The van der Waals surface area contributed by atoms with Crippen molar-refractivity contribution in [2.75, 3.05) is 6.54 Å². The van der Waals surface area contributed by atoms with Crippen LogP contribution in [-0.4, -0.2) is 23.2 Å². The van der Waals surface area contributed by atoms with Crippen LogP contribution in [0.5, 0.6) is 0 Å². The van der Waals surface area contributed by atoms with Crippen LogP contribution in [0.25, 0.3) is 0 Å². The fraction of sp³-hybridized carbons (Fsp3) is 0.500. The van der Waals surface area contributed by atoms with E-state index in [1.54, 1.807) is 12.1 Å². The largest absolute Gasteiger partial charge is 0.388 e. The Labute approximate surface area is 106 Å². The summed E-state index contributed by atoms with van der Waals surface area (Å²) in [4.78, 5) is 11.7. The number of aliphatic hydroxyl groups is 1. The molecule has 18 heavy (non-hydrogen) atoms. The van der Waals surface area contributed by atoms with E-state index in [0.29, 0.717) is 6.54 Å². The van der Waals surface area contributed by atoms with Crippen molar-refractivity contribution in [2.45, 2.75) is 37.7 Å². The van der Waals surface area contributed by atoms with Gasteiger partial charge in [0.1, 0.15) is 5.82 Å². The van der Waals surface area contributed by atoms with Gasteiger partial charge in [-0.3, -0.25) is 4.79 Å². The van der Waals surface area contributed by atoms with Crippen molar-refractivity contribution in [2.24, 2.45) is 0 Å². The number of nitrogens with one attached hydrogen (secondary N) is 1. The topological polar surface area (TPSA) is 49.3 Å². The molecule has 1 saturated carbocycles. The van der Waals surface area contributed by atoms with E-state index in [9.17, 15) is 14.3 Å². The van der Waals surface area contributed by atoms with E-state index in [4.69, 9.17) is 0 Å². The molecule has 0 aliphatic heterocycles. The normalized spacial score (nSPS) is 17.7. The van der Waals surface area contributed by atoms with E-state index in [-0.39, 0.29) is 18.1 Å². The molecular formula is C14H18FNO2. The summed E-state index contributed by atoms with van der Waals surface area (Å²) in [5.74, 6) is -0.443. The quantitative estimate of drug-likeness (QED) is 0.857. The summed E-state index contributed by atoms with van der Waals surface area (Å²) in [5, 5.41) is 12.8. The van der Waals surface area contributed by atoms with Gasteiger partial charge in [0.05, 0.1) is 12.0 Å². The summed E-state index contributed by atoms with van der Waals surface area (Å²) in [6.07, 6.45) is 3.76. The Kier molecular flexibility index (Phi) is 3.97. The molecule has 2 rings (SSSR count). The molecule has 2 N–H and O–H groups in total. The third kappa shape index (κ3) is 3.53. The highest BCUT2D eigenvalue weighted by molar-refractivity contribution is 5.78. The Hall–Kier alpha value is -1.42. The summed E-state index contributed by atoms with van der Waals surface area (Å²) < 4.78 is 12.7. The smallest absolute Gasteiger partial charge is 0.224 e. The van der Waals surface area contributed by atoms with Crippen LogP contribution in [0.3, 0.4) is 0 Å². The van der Waals surface area contributed by atoms with Crippen molar-refractivity contribution in [3.05, 3.63) is 35.6 Å². The molecule has 98 valence electrons. The van der Waals surface area contributed by atoms with Crippen LogP contribution < -0.4 is 5.32 Å². The molecule has 0 spiro atoms. The second kappa shape index (κ2) is 5.48. The molecule has 1 aliphatic rings. The minimum atomic E-state index is -0.724. The number of hydrogen-bond donors (Lipinski definition) is 2. The first-order valence-electron chi connectivity index (χ1n) is 6.31. The van der Waals surface area contributed by atoms with Crippen LogP contribution in [0.4, 0.5) is 4.39 Å². The van der Waals surface area contributed by atoms with Crippen LogP contribution in [-0.2, 0) is 11.2 Å². The van der Waals surface area contributed by atoms with Gasteiger partial charge in [-0.15, -0.1) is 0 Å². The Morgan fingerprint density at radius 1 is 1.28 bits per heavy atom. The summed E-state index contributed by atoms with van der Waals surface area (Å²) in [6, 6.07) is 5.87. The maximum atomic E-state index is 12.7. The number of rotatable bonds is 4. The fourth-order valence-corrected chi connectivity index (χ4v) is 2.32. The highest BCUT2D eigenvalue weighted by Gasteiger charge is 2.31. The molecule has 0 unspecified atom stereocenters. The molecule has 1 aromatic carbocycles. The van der Waals surface area contributed by atoms with Gasteiger partial charge in [0.15, 0.2) is 0 Å². The summed E-state index contributed by atoms with van der Waals surface area (Å²) in [7, 11) is 0. The monoisotopic (exact) mass is 251 g/mol. The lowest BCUT2D eigenvalue weighted by Gasteiger charge is -2.22. The van der Waals surface area contributed by atoms with E-state index in [2.05, 4.69) is 5.32 Å². The molecule has 4 heteroatoms. The Morgan fingerprint density at radius 3 is 2.50 bits per heavy atom. The van der Waals surface area contributed by atoms with Crippen LogP contribution in [0.1, 0.15) is 31.2 Å². The predicted molar refractivity (Wildman–Crippen MR) is 66.5 cm³/mol. The average Bonchev–Trinajstić information content (AvgIpc) is 2.78. The third-order valence-electron chi connectivity index (χ3n) is 3.43. The van der Waals surface area contributed by atoms with Gasteiger partial charge in [0.2, 0.25) is 5.91 Å². The second-order valence-electron chi connectivity index (χ2n) is 5.01. The molecule has 1 amide bonds. The molecule has 0 bridgehead atoms. The van der Waals surface area contributed by atoms with Crippen molar-refractivity contribution in [1.29, 1.82) is 0 Å². The van der Waals surface area contributed by atoms with E-state index < -0.39 is 5.60 Å². The van der Waals surface area contributed by atoms with Crippen molar-refractivity contribution < 1.29 is 14.3 Å². The summed E-state index contributed by atoms with van der Waals surface area (Å²) in [5.41, 5.74) is 0.0469. The molecule has 0 radical (unpaired) electrons. The first-order chi connectivity index (χ1) is 8.57. The van der Waals surface area contributed by atoms with E-state index in [0.717, 1.165) is 31.2 Å². The van der Waals surface area contributed by atoms with Gasteiger partial charge in [-0.25, -0.2) is 4.39 Å². The SMILES string of the molecule is O=C(Cc1ccc(F)cc1)NCC1(O)CCCC1. The van der Waals surface area contributed by atoms with Crippen molar-refractivity contribution >= 4 is 5.91 Å². The molecule has 0 saturated heterocycles. The van der Waals surface area contributed by atoms with E-state index >= 15 is 0 Å². The Bertz CT molecular complexity index is 410. The molecule has 3 nitrogen and oxygen atoms in total. The molecule has 0 heterocycles. The fourth-order valence-electron chi connectivity index (χ4n) is 2.32. The highest BCUT2D eigenvalue weighted by Crippen LogP contribution is 2.28. The van der Waals surface area contributed by atoms with Gasteiger partial charge in [0, 0.05) is 6.54 Å². The molecule has 1 aliphatic carbocycles. The first-order valence-corrected chi connectivity index (χ1v) is 6.31. The van der Waals surface area contributed by atoms with Crippen LogP contribution in [0.15, 0.2) is 24.3 Å². The Morgan fingerprint density at radius 2 is 1.89 bits per heavy atom. The maximum absolute atomic E-state index is 12.7.